The maximum Gasteiger partial charge on any atom is 0.188 e. The number of benzene rings is 3. The molecular weight excluding hydrogens is 370 g/mol. The monoisotopic (exact) mass is 393 g/mol. The van der Waals surface area contributed by atoms with E-state index in [1.54, 1.807) is 19.3 Å². The predicted molar refractivity (Wildman–Crippen MR) is 123 cm³/mol. The van der Waals surface area contributed by atoms with E-state index in [0.29, 0.717) is 5.56 Å². The number of ketones is 1. The van der Waals surface area contributed by atoms with Crippen LogP contribution in [0, 0.1) is 13.8 Å². The van der Waals surface area contributed by atoms with Crippen LogP contribution in [0.1, 0.15) is 27.2 Å². The quantitative estimate of drug-likeness (QED) is 0.290. The molecule has 0 aliphatic rings. The molecule has 0 unspecified atom stereocenters. The summed E-state index contributed by atoms with van der Waals surface area (Å²) in [6.07, 6.45) is 3.41. The van der Waals surface area contributed by atoms with Crippen molar-refractivity contribution in [3.63, 3.8) is 0 Å². The molecular formula is C27H23NO2. The lowest BCUT2D eigenvalue weighted by molar-refractivity contribution is 0.104. The molecule has 0 radical (unpaired) electrons. The number of ether oxygens (including phenoxy) is 1. The van der Waals surface area contributed by atoms with Crippen LogP contribution in [0.4, 0.5) is 0 Å². The van der Waals surface area contributed by atoms with Gasteiger partial charge in [-0.15, -0.1) is 0 Å². The number of rotatable bonds is 5. The van der Waals surface area contributed by atoms with Gasteiger partial charge in [0.05, 0.1) is 18.2 Å². The number of hydrogen-bond acceptors (Lipinski definition) is 3. The van der Waals surface area contributed by atoms with Gasteiger partial charge in [0.25, 0.3) is 0 Å². The number of carbonyl (C=O) groups excluding carboxylic acids is 1. The second-order valence-corrected chi connectivity index (χ2v) is 7.27. The minimum atomic E-state index is -0.0758. The van der Waals surface area contributed by atoms with Crippen LogP contribution < -0.4 is 4.74 Å². The third kappa shape index (κ3) is 3.74. The summed E-state index contributed by atoms with van der Waals surface area (Å²) < 4.78 is 5.40. The fraction of sp³-hybridized carbons (Fsp3) is 0.111. The first-order valence-corrected chi connectivity index (χ1v) is 9.90. The van der Waals surface area contributed by atoms with E-state index in [1.807, 2.05) is 73.7 Å². The van der Waals surface area contributed by atoms with E-state index in [1.165, 1.54) is 0 Å². The molecule has 4 aromatic rings. The molecule has 0 aliphatic carbocycles. The summed E-state index contributed by atoms with van der Waals surface area (Å²) in [5.41, 5.74) is 6.17. The first kappa shape index (κ1) is 19.6. The molecule has 0 fully saturated rings. The number of aromatic nitrogens is 1. The van der Waals surface area contributed by atoms with E-state index in [9.17, 15) is 4.79 Å². The second kappa shape index (κ2) is 8.34. The standard InChI is InChI=1S/C27H23NO2/c1-18-13-15-23-22(17-18)27(21-10-5-4-6-11-21)26(19(2)28-23)24(29)16-14-20-9-7-8-12-25(20)30-3/h4-17H,1-3H3. The van der Waals surface area contributed by atoms with E-state index in [0.717, 1.165) is 44.6 Å². The van der Waals surface area contributed by atoms with Gasteiger partial charge in [0.15, 0.2) is 5.78 Å². The van der Waals surface area contributed by atoms with Gasteiger partial charge in [-0.05, 0) is 49.8 Å². The molecule has 30 heavy (non-hydrogen) atoms. The molecule has 148 valence electrons. The average molecular weight is 393 g/mol. The molecule has 4 rings (SSSR count). The van der Waals surface area contributed by atoms with E-state index in [-0.39, 0.29) is 5.78 Å². The maximum atomic E-state index is 13.4. The van der Waals surface area contributed by atoms with Crippen molar-refractivity contribution < 1.29 is 9.53 Å². The van der Waals surface area contributed by atoms with E-state index < -0.39 is 0 Å². The Bertz CT molecular complexity index is 1260. The second-order valence-electron chi connectivity index (χ2n) is 7.27. The van der Waals surface area contributed by atoms with Gasteiger partial charge in [0.2, 0.25) is 0 Å². The van der Waals surface area contributed by atoms with Gasteiger partial charge in [-0.1, -0.05) is 60.2 Å². The third-order valence-corrected chi connectivity index (χ3v) is 5.18. The minimum Gasteiger partial charge on any atom is -0.496 e. The summed E-state index contributed by atoms with van der Waals surface area (Å²) in [7, 11) is 1.63. The number of nitrogens with zero attached hydrogens (tertiary/aromatic N) is 1. The van der Waals surface area contributed by atoms with Crippen molar-refractivity contribution in [2.24, 2.45) is 0 Å². The van der Waals surface area contributed by atoms with Crippen LogP contribution >= 0.6 is 0 Å². The molecule has 1 heterocycles. The summed E-state index contributed by atoms with van der Waals surface area (Å²) in [4.78, 5) is 18.1. The van der Waals surface area contributed by atoms with Crippen molar-refractivity contribution in [2.75, 3.05) is 7.11 Å². The Morgan fingerprint density at radius 2 is 1.67 bits per heavy atom. The van der Waals surface area contributed by atoms with Crippen molar-refractivity contribution in [3.05, 3.63) is 101 Å². The number of para-hydroxylation sites is 1. The smallest absolute Gasteiger partial charge is 0.188 e. The van der Waals surface area contributed by atoms with Crippen LogP contribution in [-0.2, 0) is 0 Å². The SMILES string of the molecule is COc1ccccc1C=CC(=O)c1c(C)nc2ccc(C)cc2c1-c1ccccc1. The molecule has 3 nitrogen and oxygen atoms in total. The first-order chi connectivity index (χ1) is 14.6. The molecule has 1 aromatic heterocycles. The average Bonchev–Trinajstić information content (AvgIpc) is 2.77. The van der Waals surface area contributed by atoms with E-state index in [4.69, 9.17) is 9.72 Å². The molecule has 0 amide bonds. The Kier molecular flexibility index (Phi) is 5.44. The predicted octanol–water partition coefficient (Wildman–Crippen LogP) is 6.42. The van der Waals surface area contributed by atoms with Gasteiger partial charge in [0, 0.05) is 22.2 Å². The highest BCUT2D eigenvalue weighted by molar-refractivity contribution is 6.16. The summed E-state index contributed by atoms with van der Waals surface area (Å²) in [6, 6.07) is 23.8. The summed E-state index contributed by atoms with van der Waals surface area (Å²) in [6.45, 7) is 3.95. The number of hydrogen-bond donors (Lipinski definition) is 0. The summed E-state index contributed by atoms with van der Waals surface area (Å²) in [5.74, 6) is 0.655. The molecule has 0 bridgehead atoms. The lowest BCUT2D eigenvalue weighted by atomic mass is 9.91. The lowest BCUT2D eigenvalue weighted by Gasteiger charge is -2.15. The van der Waals surface area contributed by atoms with E-state index in [2.05, 4.69) is 13.0 Å². The Balaban J connectivity index is 1.91. The zero-order valence-corrected chi connectivity index (χ0v) is 17.3. The van der Waals surface area contributed by atoms with Gasteiger partial charge in [-0.25, -0.2) is 0 Å². The zero-order valence-electron chi connectivity index (χ0n) is 17.3. The number of fused-ring (bicyclic) bond motifs is 1. The van der Waals surface area contributed by atoms with Crippen molar-refractivity contribution in [2.45, 2.75) is 13.8 Å². The fourth-order valence-electron chi connectivity index (χ4n) is 3.76. The van der Waals surface area contributed by atoms with Gasteiger partial charge in [-0.2, -0.15) is 0 Å². The highest BCUT2D eigenvalue weighted by atomic mass is 16.5. The van der Waals surface area contributed by atoms with Gasteiger partial charge < -0.3 is 4.74 Å². The summed E-state index contributed by atoms with van der Waals surface area (Å²) >= 11 is 0. The number of allylic oxidation sites excluding steroid dienone is 1. The van der Waals surface area contributed by atoms with Gasteiger partial charge in [0.1, 0.15) is 5.75 Å². The summed E-state index contributed by atoms with van der Waals surface area (Å²) in [5, 5.41) is 0.987. The molecule has 0 aliphatic heterocycles. The minimum absolute atomic E-state index is 0.0758. The third-order valence-electron chi connectivity index (χ3n) is 5.18. The van der Waals surface area contributed by atoms with Gasteiger partial charge >= 0.3 is 0 Å². The lowest BCUT2D eigenvalue weighted by Crippen LogP contribution is -2.05. The van der Waals surface area contributed by atoms with Crippen molar-refractivity contribution in [3.8, 4) is 16.9 Å². The molecule has 0 atom stereocenters. The van der Waals surface area contributed by atoms with Crippen LogP contribution in [0.5, 0.6) is 5.75 Å². The topological polar surface area (TPSA) is 39.2 Å². The molecule has 0 spiro atoms. The number of aryl methyl sites for hydroxylation is 2. The zero-order chi connectivity index (χ0) is 21.1. The highest BCUT2D eigenvalue weighted by Gasteiger charge is 2.19. The van der Waals surface area contributed by atoms with Crippen LogP contribution in [0.15, 0.2) is 78.9 Å². The van der Waals surface area contributed by atoms with Gasteiger partial charge in [-0.3, -0.25) is 9.78 Å². The van der Waals surface area contributed by atoms with E-state index >= 15 is 0 Å². The Labute approximate surface area is 176 Å². The molecule has 3 aromatic carbocycles. The Morgan fingerprint density at radius 1 is 0.933 bits per heavy atom. The normalized spacial score (nSPS) is 11.2. The largest absolute Gasteiger partial charge is 0.496 e. The Morgan fingerprint density at radius 3 is 2.43 bits per heavy atom. The van der Waals surface area contributed by atoms with Crippen molar-refractivity contribution in [1.29, 1.82) is 0 Å². The molecule has 0 saturated heterocycles. The number of pyridine rings is 1. The molecule has 0 N–H and O–H groups in total. The van der Waals surface area contributed by atoms with Crippen LogP contribution in [0.3, 0.4) is 0 Å². The van der Waals surface area contributed by atoms with Crippen LogP contribution in [0.25, 0.3) is 28.1 Å². The molecule has 0 saturated carbocycles. The number of methoxy groups -OCH3 is 1. The first-order valence-electron chi connectivity index (χ1n) is 9.90. The number of carbonyl (C=O) groups is 1. The van der Waals surface area contributed by atoms with Crippen molar-refractivity contribution in [1.82, 2.24) is 4.98 Å². The fourth-order valence-corrected chi connectivity index (χ4v) is 3.76. The highest BCUT2D eigenvalue weighted by Crippen LogP contribution is 2.34. The van der Waals surface area contributed by atoms with Crippen LogP contribution in [0.2, 0.25) is 0 Å². The van der Waals surface area contributed by atoms with Crippen molar-refractivity contribution >= 4 is 22.8 Å². The van der Waals surface area contributed by atoms with Crippen LogP contribution in [-0.4, -0.2) is 17.9 Å². The molecule has 3 heteroatoms. The Hall–Kier alpha value is -3.72. The maximum absolute atomic E-state index is 13.4.